The average Bonchev–Trinajstić information content (AvgIpc) is 3.18. The van der Waals surface area contributed by atoms with E-state index in [1.165, 1.54) is 12.8 Å². The number of nitrogens with zero attached hydrogens (tertiary/aromatic N) is 3. The number of likely N-dealkylation sites (tertiary alicyclic amines) is 1. The van der Waals surface area contributed by atoms with Crippen molar-refractivity contribution in [2.24, 2.45) is 5.92 Å². The summed E-state index contributed by atoms with van der Waals surface area (Å²) in [5.74, 6) is 1.87. The maximum absolute atomic E-state index is 13.7. The molecule has 0 radical (unpaired) electrons. The molecule has 0 unspecified atom stereocenters. The first-order valence-corrected chi connectivity index (χ1v) is 14.9. The number of rotatable bonds is 13. The molecule has 0 spiro atoms. The van der Waals surface area contributed by atoms with E-state index in [9.17, 15) is 9.59 Å². The van der Waals surface area contributed by atoms with Gasteiger partial charge in [0.1, 0.15) is 17.5 Å². The van der Waals surface area contributed by atoms with E-state index in [0.717, 1.165) is 49.9 Å². The van der Waals surface area contributed by atoms with Crippen LogP contribution in [0.5, 0.6) is 11.5 Å². The summed E-state index contributed by atoms with van der Waals surface area (Å²) in [5.41, 5.74) is 1.34. The first-order chi connectivity index (χ1) is 19.4. The third-order valence-corrected chi connectivity index (χ3v) is 7.88. The van der Waals surface area contributed by atoms with Gasteiger partial charge in [0.25, 0.3) is 5.91 Å². The van der Waals surface area contributed by atoms with Crippen LogP contribution in [0, 0.1) is 5.92 Å². The lowest BCUT2D eigenvalue weighted by atomic mass is 9.99. The van der Waals surface area contributed by atoms with E-state index >= 15 is 0 Å². The van der Waals surface area contributed by atoms with Gasteiger partial charge in [0, 0.05) is 12.2 Å². The topological polar surface area (TPSA) is 74.3 Å². The van der Waals surface area contributed by atoms with Crippen LogP contribution in [-0.4, -0.2) is 72.2 Å². The van der Waals surface area contributed by atoms with Crippen molar-refractivity contribution in [1.29, 1.82) is 0 Å². The standard InChI is InChI=1S/C31H42N4O4S/c1-4-21-39-27-11-7-24(8-12-27)32-29(36)22-28-30(37)35(25-9-13-26(14-10-25)38-5-2)31(40)34(28)18-6-17-33-19-15-23(3)16-20-33/h7-14,23,28H,4-6,15-22H2,1-3H3,(H,32,36)/t28-/m0/s1. The van der Waals surface area contributed by atoms with Crippen molar-refractivity contribution in [2.45, 2.75) is 58.9 Å². The fourth-order valence-electron chi connectivity index (χ4n) is 5.18. The summed E-state index contributed by atoms with van der Waals surface area (Å²) < 4.78 is 11.2. The van der Waals surface area contributed by atoms with E-state index in [-0.39, 0.29) is 18.2 Å². The molecular formula is C31H42N4O4S. The van der Waals surface area contributed by atoms with Gasteiger partial charge in [-0.25, -0.2) is 0 Å². The first-order valence-electron chi connectivity index (χ1n) is 14.5. The van der Waals surface area contributed by atoms with E-state index in [2.05, 4.69) is 24.1 Å². The van der Waals surface area contributed by atoms with Crippen LogP contribution in [0.4, 0.5) is 11.4 Å². The normalized spacial score (nSPS) is 18.3. The van der Waals surface area contributed by atoms with Crippen molar-refractivity contribution in [1.82, 2.24) is 9.80 Å². The molecule has 216 valence electrons. The van der Waals surface area contributed by atoms with E-state index in [1.54, 1.807) is 4.90 Å². The van der Waals surface area contributed by atoms with Gasteiger partial charge in [-0.2, -0.15) is 0 Å². The van der Waals surface area contributed by atoms with E-state index in [4.69, 9.17) is 21.7 Å². The summed E-state index contributed by atoms with van der Waals surface area (Å²) in [6, 6.07) is 14.0. The number of hydrogen-bond acceptors (Lipinski definition) is 6. The predicted molar refractivity (Wildman–Crippen MR) is 163 cm³/mol. The quantitative estimate of drug-likeness (QED) is 0.329. The van der Waals surface area contributed by atoms with Gasteiger partial charge in [-0.1, -0.05) is 13.8 Å². The van der Waals surface area contributed by atoms with Crippen molar-refractivity contribution < 1.29 is 19.1 Å². The third-order valence-electron chi connectivity index (χ3n) is 7.46. The van der Waals surface area contributed by atoms with Gasteiger partial charge in [0.05, 0.1) is 25.3 Å². The summed E-state index contributed by atoms with van der Waals surface area (Å²) in [6.45, 7) is 11.3. The number of anilines is 2. The fraction of sp³-hybridized carbons (Fsp3) is 0.516. The minimum absolute atomic E-state index is 0.0157. The Labute approximate surface area is 243 Å². The first kappa shape index (κ1) is 29.8. The van der Waals surface area contributed by atoms with Crippen LogP contribution in [-0.2, 0) is 9.59 Å². The number of thiocarbonyl (C=S) groups is 1. The molecule has 2 heterocycles. The molecule has 2 aromatic rings. The second-order valence-corrected chi connectivity index (χ2v) is 11.0. The summed E-state index contributed by atoms with van der Waals surface area (Å²) in [4.78, 5) is 32.8. The highest BCUT2D eigenvalue weighted by atomic mass is 32.1. The Hall–Kier alpha value is -3.17. The number of carbonyl (C=O) groups excluding carboxylic acids is 2. The Balaban J connectivity index is 1.44. The molecule has 0 saturated carbocycles. The summed E-state index contributed by atoms with van der Waals surface area (Å²) in [6.07, 6.45) is 4.26. The van der Waals surface area contributed by atoms with Crippen LogP contribution in [0.3, 0.4) is 0 Å². The van der Waals surface area contributed by atoms with Crippen molar-refractivity contribution >= 4 is 40.5 Å². The molecule has 2 saturated heterocycles. The monoisotopic (exact) mass is 566 g/mol. The molecule has 2 aliphatic rings. The molecule has 4 rings (SSSR count). The van der Waals surface area contributed by atoms with Gasteiger partial charge < -0.3 is 24.6 Å². The van der Waals surface area contributed by atoms with Gasteiger partial charge in [-0.3, -0.25) is 14.5 Å². The summed E-state index contributed by atoms with van der Waals surface area (Å²) >= 11 is 5.84. The minimum Gasteiger partial charge on any atom is -0.494 e. The minimum atomic E-state index is -0.660. The molecule has 0 aromatic heterocycles. The lowest BCUT2D eigenvalue weighted by Gasteiger charge is -2.31. The molecule has 0 bridgehead atoms. The highest BCUT2D eigenvalue weighted by molar-refractivity contribution is 7.80. The second kappa shape index (κ2) is 14.5. The number of piperidine rings is 1. The highest BCUT2D eigenvalue weighted by Gasteiger charge is 2.44. The zero-order valence-electron chi connectivity index (χ0n) is 23.9. The van der Waals surface area contributed by atoms with Crippen LogP contribution >= 0.6 is 12.2 Å². The SMILES string of the molecule is CCCOc1ccc(NC(=O)C[C@H]2C(=O)N(c3ccc(OCC)cc3)C(=S)N2CCCN2CCC(C)CC2)cc1. The smallest absolute Gasteiger partial charge is 0.256 e. The van der Waals surface area contributed by atoms with Crippen molar-refractivity contribution in [3.05, 3.63) is 48.5 Å². The van der Waals surface area contributed by atoms with E-state index in [0.29, 0.717) is 36.2 Å². The molecule has 2 aliphatic heterocycles. The van der Waals surface area contributed by atoms with Crippen LogP contribution in [0.25, 0.3) is 0 Å². The van der Waals surface area contributed by atoms with Gasteiger partial charge >= 0.3 is 0 Å². The zero-order valence-corrected chi connectivity index (χ0v) is 24.8. The Morgan fingerprint density at radius 1 is 0.975 bits per heavy atom. The number of hydrogen-bond donors (Lipinski definition) is 1. The summed E-state index contributed by atoms with van der Waals surface area (Å²) in [5, 5.41) is 3.38. The fourth-order valence-corrected chi connectivity index (χ4v) is 5.59. The molecule has 2 fully saturated rings. The third kappa shape index (κ3) is 7.73. The van der Waals surface area contributed by atoms with Crippen LogP contribution in [0.2, 0.25) is 0 Å². The highest BCUT2D eigenvalue weighted by Crippen LogP contribution is 2.29. The van der Waals surface area contributed by atoms with E-state index < -0.39 is 6.04 Å². The van der Waals surface area contributed by atoms with Gasteiger partial charge in [-0.15, -0.1) is 0 Å². The van der Waals surface area contributed by atoms with Crippen molar-refractivity contribution in [2.75, 3.05) is 49.6 Å². The predicted octanol–water partition coefficient (Wildman–Crippen LogP) is 5.33. The molecule has 1 atom stereocenters. The Morgan fingerprint density at radius 3 is 2.27 bits per heavy atom. The number of benzene rings is 2. The molecule has 8 nitrogen and oxygen atoms in total. The molecule has 1 N–H and O–H groups in total. The van der Waals surface area contributed by atoms with Gasteiger partial charge in [0.15, 0.2) is 5.11 Å². The number of ether oxygens (including phenoxy) is 2. The van der Waals surface area contributed by atoms with Crippen LogP contribution in [0.15, 0.2) is 48.5 Å². The maximum Gasteiger partial charge on any atom is 0.256 e. The van der Waals surface area contributed by atoms with Crippen LogP contribution < -0.4 is 19.7 Å². The lowest BCUT2D eigenvalue weighted by molar-refractivity contribution is -0.124. The number of carbonyl (C=O) groups is 2. The molecule has 40 heavy (non-hydrogen) atoms. The Kier molecular flexibility index (Phi) is 10.8. The Bertz CT molecular complexity index is 1130. The average molecular weight is 567 g/mol. The molecule has 2 amide bonds. The summed E-state index contributed by atoms with van der Waals surface area (Å²) in [7, 11) is 0. The molecule has 0 aliphatic carbocycles. The maximum atomic E-state index is 13.7. The second-order valence-electron chi connectivity index (χ2n) is 10.6. The lowest BCUT2D eigenvalue weighted by Crippen LogP contribution is -2.40. The van der Waals surface area contributed by atoms with Crippen molar-refractivity contribution in [3.8, 4) is 11.5 Å². The molecule has 9 heteroatoms. The largest absolute Gasteiger partial charge is 0.494 e. The van der Waals surface area contributed by atoms with Crippen LogP contribution in [0.1, 0.15) is 52.9 Å². The van der Waals surface area contributed by atoms with Gasteiger partial charge in [-0.05, 0) is 119 Å². The zero-order chi connectivity index (χ0) is 28.5. The number of amides is 2. The number of nitrogens with one attached hydrogen (secondary N) is 1. The molecular weight excluding hydrogens is 524 g/mol. The van der Waals surface area contributed by atoms with Gasteiger partial charge in [0.2, 0.25) is 5.91 Å². The van der Waals surface area contributed by atoms with E-state index in [1.807, 2.05) is 60.4 Å². The van der Waals surface area contributed by atoms with Crippen molar-refractivity contribution in [3.63, 3.8) is 0 Å². The molecule has 2 aromatic carbocycles. The Morgan fingerprint density at radius 2 is 1.62 bits per heavy atom.